The second-order valence-corrected chi connectivity index (χ2v) is 2.51. The molecule has 0 saturated heterocycles. The van der Waals surface area contributed by atoms with Crippen LogP contribution in [0.4, 0.5) is 0 Å². The van der Waals surface area contributed by atoms with Gasteiger partial charge in [-0.1, -0.05) is 0 Å². The van der Waals surface area contributed by atoms with Crippen LogP contribution in [0.25, 0.3) is 0 Å². The van der Waals surface area contributed by atoms with Crippen LogP contribution >= 0.6 is 0 Å². The van der Waals surface area contributed by atoms with E-state index in [2.05, 4.69) is 4.98 Å². The zero-order valence-electron chi connectivity index (χ0n) is 6.60. The Kier molecular flexibility index (Phi) is 2.90. The van der Waals surface area contributed by atoms with Crippen molar-refractivity contribution < 1.29 is 4.79 Å². The lowest BCUT2D eigenvalue weighted by molar-refractivity contribution is 0.112. The summed E-state index contributed by atoms with van der Waals surface area (Å²) in [7, 11) is 0. The Bertz CT molecular complexity index is 275. The maximum atomic E-state index is 10.4. The van der Waals surface area contributed by atoms with Crippen LogP contribution in [-0.4, -0.2) is 17.8 Å². The SMILES string of the molecule is NC[C@H](N)c1cncc(C=O)c1. The number of aromatic nitrogens is 1. The van der Waals surface area contributed by atoms with Crippen molar-refractivity contribution in [1.29, 1.82) is 0 Å². The van der Waals surface area contributed by atoms with E-state index in [1.54, 1.807) is 12.3 Å². The first-order valence-corrected chi connectivity index (χ1v) is 3.63. The van der Waals surface area contributed by atoms with Crippen molar-refractivity contribution in [3.05, 3.63) is 29.6 Å². The molecule has 0 aliphatic carbocycles. The quantitative estimate of drug-likeness (QED) is 0.610. The van der Waals surface area contributed by atoms with Gasteiger partial charge in [-0.05, 0) is 11.6 Å². The lowest BCUT2D eigenvalue weighted by Gasteiger charge is -2.07. The van der Waals surface area contributed by atoms with Gasteiger partial charge in [0.15, 0.2) is 6.29 Å². The van der Waals surface area contributed by atoms with Crippen molar-refractivity contribution in [3.63, 3.8) is 0 Å². The van der Waals surface area contributed by atoms with Crippen molar-refractivity contribution in [2.75, 3.05) is 6.54 Å². The van der Waals surface area contributed by atoms with Crippen LogP contribution in [0.3, 0.4) is 0 Å². The van der Waals surface area contributed by atoms with Crippen LogP contribution in [-0.2, 0) is 0 Å². The molecule has 1 rings (SSSR count). The van der Waals surface area contributed by atoms with Gasteiger partial charge in [0.2, 0.25) is 0 Å². The molecule has 0 fully saturated rings. The highest BCUT2D eigenvalue weighted by atomic mass is 16.1. The molecule has 1 aromatic heterocycles. The van der Waals surface area contributed by atoms with Crippen molar-refractivity contribution in [1.82, 2.24) is 4.98 Å². The molecule has 0 radical (unpaired) electrons. The second kappa shape index (κ2) is 3.94. The molecule has 1 heterocycles. The third kappa shape index (κ3) is 1.87. The van der Waals surface area contributed by atoms with Crippen molar-refractivity contribution in [3.8, 4) is 0 Å². The topological polar surface area (TPSA) is 82.0 Å². The van der Waals surface area contributed by atoms with Crippen molar-refractivity contribution in [2.24, 2.45) is 11.5 Å². The molecule has 4 heteroatoms. The lowest BCUT2D eigenvalue weighted by atomic mass is 10.1. The van der Waals surface area contributed by atoms with Crippen molar-refractivity contribution in [2.45, 2.75) is 6.04 Å². The van der Waals surface area contributed by atoms with E-state index in [1.807, 2.05) is 0 Å². The molecule has 0 aliphatic rings. The summed E-state index contributed by atoms with van der Waals surface area (Å²) in [6, 6.07) is 1.45. The number of carbonyl (C=O) groups is 1. The summed E-state index contributed by atoms with van der Waals surface area (Å²) in [5.74, 6) is 0. The zero-order chi connectivity index (χ0) is 8.97. The summed E-state index contributed by atoms with van der Waals surface area (Å²) < 4.78 is 0. The molecule has 0 spiro atoms. The van der Waals surface area contributed by atoms with Gasteiger partial charge < -0.3 is 11.5 Å². The average molecular weight is 165 g/mol. The molecular formula is C8H11N3O. The van der Waals surface area contributed by atoms with Crippen LogP contribution in [0.5, 0.6) is 0 Å². The molecule has 1 aromatic rings. The minimum absolute atomic E-state index is 0.239. The number of carbonyl (C=O) groups excluding carboxylic acids is 1. The third-order valence-corrected chi connectivity index (χ3v) is 1.60. The highest BCUT2D eigenvalue weighted by Gasteiger charge is 2.03. The van der Waals surface area contributed by atoms with Gasteiger partial charge in [0.25, 0.3) is 0 Å². The first-order valence-electron chi connectivity index (χ1n) is 3.63. The Hall–Kier alpha value is -1.26. The minimum Gasteiger partial charge on any atom is -0.329 e. The van der Waals surface area contributed by atoms with Crippen LogP contribution in [0.1, 0.15) is 22.0 Å². The molecule has 0 saturated carbocycles. The second-order valence-electron chi connectivity index (χ2n) is 2.51. The van der Waals surface area contributed by atoms with Gasteiger partial charge in [-0.15, -0.1) is 0 Å². The smallest absolute Gasteiger partial charge is 0.151 e. The number of nitrogens with two attached hydrogens (primary N) is 2. The fourth-order valence-electron chi connectivity index (χ4n) is 0.880. The predicted molar refractivity (Wildman–Crippen MR) is 45.6 cm³/mol. The molecule has 64 valence electrons. The lowest BCUT2D eigenvalue weighted by Crippen LogP contribution is -2.20. The molecule has 0 aliphatic heterocycles. The number of rotatable bonds is 3. The Morgan fingerprint density at radius 1 is 1.58 bits per heavy atom. The van der Waals surface area contributed by atoms with Gasteiger partial charge >= 0.3 is 0 Å². The monoisotopic (exact) mass is 165 g/mol. The summed E-state index contributed by atoms with van der Waals surface area (Å²) in [5.41, 5.74) is 12.3. The van der Waals surface area contributed by atoms with E-state index in [4.69, 9.17) is 11.5 Å². The molecule has 4 N–H and O–H groups in total. The first kappa shape index (κ1) is 8.83. The van der Waals surface area contributed by atoms with Crippen molar-refractivity contribution >= 4 is 6.29 Å². The Balaban J connectivity index is 2.93. The van der Waals surface area contributed by atoms with Gasteiger partial charge in [0.1, 0.15) is 0 Å². The van der Waals surface area contributed by atoms with Gasteiger partial charge in [0, 0.05) is 30.5 Å². The van der Waals surface area contributed by atoms with Gasteiger partial charge in [0.05, 0.1) is 0 Å². The Morgan fingerprint density at radius 3 is 2.92 bits per heavy atom. The number of hydrogen-bond donors (Lipinski definition) is 2. The van der Waals surface area contributed by atoms with Crippen LogP contribution < -0.4 is 11.5 Å². The number of nitrogens with zero attached hydrogens (tertiary/aromatic N) is 1. The summed E-state index contributed by atoms with van der Waals surface area (Å²) in [5, 5.41) is 0. The fourth-order valence-corrected chi connectivity index (χ4v) is 0.880. The fraction of sp³-hybridized carbons (Fsp3) is 0.250. The normalized spacial score (nSPS) is 12.5. The highest BCUT2D eigenvalue weighted by molar-refractivity contribution is 5.74. The van der Waals surface area contributed by atoms with E-state index in [0.717, 1.165) is 11.8 Å². The molecule has 1 atom stereocenters. The van der Waals surface area contributed by atoms with E-state index in [-0.39, 0.29) is 6.04 Å². The minimum atomic E-state index is -0.239. The molecule has 12 heavy (non-hydrogen) atoms. The molecule has 0 unspecified atom stereocenters. The van der Waals surface area contributed by atoms with Crippen LogP contribution in [0.2, 0.25) is 0 Å². The Morgan fingerprint density at radius 2 is 2.33 bits per heavy atom. The maximum absolute atomic E-state index is 10.4. The van der Waals surface area contributed by atoms with Gasteiger partial charge in [-0.25, -0.2) is 0 Å². The average Bonchev–Trinajstić information content (AvgIpc) is 2.17. The molecule has 0 bridgehead atoms. The number of hydrogen-bond acceptors (Lipinski definition) is 4. The maximum Gasteiger partial charge on any atom is 0.151 e. The third-order valence-electron chi connectivity index (χ3n) is 1.60. The molecule has 4 nitrogen and oxygen atoms in total. The highest BCUT2D eigenvalue weighted by Crippen LogP contribution is 2.07. The summed E-state index contributed by atoms with van der Waals surface area (Å²) in [4.78, 5) is 14.2. The van der Waals surface area contributed by atoms with Gasteiger partial charge in [-0.3, -0.25) is 9.78 Å². The van der Waals surface area contributed by atoms with E-state index < -0.39 is 0 Å². The predicted octanol–water partition coefficient (Wildman–Crippen LogP) is -0.147. The molecular weight excluding hydrogens is 154 g/mol. The molecule has 0 aromatic carbocycles. The largest absolute Gasteiger partial charge is 0.329 e. The van der Waals surface area contributed by atoms with Crippen LogP contribution in [0.15, 0.2) is 18.5 Å². The Labute approximate surface area is 70.6 Å². The van der Waals surface area contributed by atoms with E-state index in [0.29, 0.717) is 12.1 Å². The van der Waals surface area contributed by atoms with E-state index in [9.17, 15) is 4.79 Å². The summed E-state index contributed by atoms with van der Waals surface area (Å²) >= 11 is 0. The molecule has 0 amide bonds. The number of aldehydes is 1. The van der Waals surface area contributed by atoms with E-state index in [1.165, 1.54) is 6.20 Å². The van der Waals surface area contributed by atoms with Gasteiger partial charge in [-0.2, -0.15) is 0 Å². The first-order chi connectivity index (χ1) is 5.77. The number of pyridine rings is 1. The van der Waals surface area contributed by atoms with E-state index >= 15 is 0 Å². The summed E-state index contributed by atoms with van der Waals surface area (Å²) in [6.07, 6.45) is 3.84. The standard InChI is InChI=1S/C8H11N3O/c9-2-8(10)7-1-6(5-12)3-11-4-7/h1,3-5,8H,2,9-10H2/t8-/m0/s1. The zero-order valence-corrected chi connectivity index (χ0v) is 6.60. The van der Waals surface area contributed by atoms with Crippen LogP contribution in [0, 0.1) is 0 Å². The summed E-state index contributed by atoms with van der Waals surface area (Å²) in [6.45, 7) is 0.351.